The lowest BCUT2D eigenvalue weighted by Gasteiger charge is -2.36. The first-order valence-corrected chi connectivity index (χ1v) is 9.78. The highest BCUT2D eigenvalue weighted by Crippen LogP contribution is 2.32. The molecule has 1 saturated heterocycles. The van der Waals surface area contributed by atoms with Crippen LogP contribution >= 0.6 is 0 Å². The van der Waals surface area contributed by atoms with Gasteiger partial charge in [-0.25, -0.2) is 0 Å². The summed E-state index contributed by atoms with van der Waals surface area (Å²) in [6.45, 7) is 4.29. The number of hydrogen-bond acceptors (Lipinski definition) is 3. The van der Waals surface area contributed by atoms with Crippen LogP contribution in [-0.2, 0) is 12.7 Å². The van der Waals surface area contributed by atoms with Gasteiger partial charge in [0.1, 0.15) is 5.69 Å². The van der Waals surface area contributed by atoms with Crippen LogP contribution in [0.3, 0.4) is 0 Å². The summed E-state index contributed by atoms with van der Waals surface area (Å²) >= 11 is 0. The zero-order chi connectivity index (χ0) is 21.3. The average Bonchev–Trinajstić information content (AvgIpc) is 3.33. The molecule has 1 aliphatic heterocycles. The quantitative estimate of drug-likeness (QED) is 0.573. The molecule has 30 heavy (non-hydrogen) atoms. The molecule has 3 aromatic rings. The van der Waals surface area contributed by atoms with E-state index in [1.807, 2.05) is 34.6 Å². The van der Waals surface area contributed by atoms with Crippen LogP contribution in [0.1, 0.15) is 23.0 Å². The van der Waals surface area contributed by atoms with E-state index in [4.69, 9.17) is 4.42 Å². The third-order valence-corrected chi connectivity index (χ3v) is 5.37. The molecule has 3 heterocycles. The molecule has 0 atom stereocenters. The van der Waals surface area contributed by atoms with Crippen molar-refractivity contribution in [1.82, 2.24) is 9.47 Å². The van der Waals surface area contributed by atoms with E-state index in [0.717, 1.165) is 17.6 Å². The van der Waals surface area contributed by atoms with Gasteiger partial charge in [-0.15, -0.1) is 0 Å². The van der Waals surface area contributed by atoms with Gasteiger partial charge in [0.15, 0.2) is 5.58 Å². The largest absolute Gasteiger partial charge is 0.463 e. The summed E-state index contributed by atoms with van der Waals surface area (Å²) < 4.78 is 46.3. The molecule has 4 rings (SSSR count). The van der Waals surface area contributed by atoms with Crippen molar-refractivity contribution in [2.75, 3.05) is 31.1 Å². The standard InChI is InChI=1S/C22H22F3N3O2/c1-2-3-8-28-18-7-13-30-20(18)15-19(28)21(29)27-11-9-26(10-12-27)17-6-4-5-16(14-17)22(23,24)25/h2-7,13-15H,8-12H2,1H3/b3-2-. The molecule has 0 aliphatic carbocycles. The maximum Gasteiger partial charge on any atom is 0.416 e. The van der Waals surface area contributed by atoms with Gasteiger partial charge in [0, 0.05) is 50.5 Å². The number of furan rings is 1. The first-order valence-electron chi connectivity index (χ1n) is 9.78. The van der Waals surface area contributed by atoms with Gasteiger partial charge in [-0.05, 0) is 25.1 Å². The number of aromatic nitrogens is 1. The van der Waals surface area contributed by atoms with Crippen LogP contribution in [0.15, 0.2) is 59.2 Å². The van der Waals surface area contributed by atoms with Gasteiger partial charge in [-0.1, -0.05) is 18.2 Å². The molecule has 5 nitrogen and oxygen atoms in total. The maximum absolute atomic E-state index is 13.2. The zero-order valence-electron chi connectivity index (χ0n) is 16.5. The Bertz CT molecular complexity index is 1070. The summed E-state index contributed by atoms with van der Waals surface area (Å²) in [5.74, 6) is -0.102. The molecule has 1 aromatic carbocycles. The third kappa shape index (κ3) is 3.81. The Morgan fingerprint density at radius 3 is 2.60 bits per heavy atom. The molecule has 1 amide bonds. The van der Waals surface area contributed by atoms with E-state index in [-0.39, 0.29) is 5.91 Å². The molecule has 0 saturated carbocycles. The maximum atomic E-state index is 13.2. The fourth-order valence-corrected chi connectivity index (χ4v) is 3.77. The number of anilines is 1. The van der Waals surface area contributed by atoms with Crippen LogP contribution in [0.5, 0.6) is 0 Å². The number of amides is 1. The molecule has 1 fully saturated rings. The van der Waals surface area contributed by atoms with Crippen molar-refractivity contribution in [2.24, 2.45) is 0 Å². The molecular formula is C22H22F3N3O2. The Morgan fingerprint density at radius 1 is 1.13 bits per heavy atom. The molecule has 2 aromatic heterocycles. The number of rotatable bonds is 4. The number of allylic oxidation sites excluding steroid dienone is 2. The normalized spacial score (nSPS) is 15.5. The van der Waals surface area contributed by atoms with Crippen molar-refractivity contribution in [3.05, 3.63) is 66.1 Å². The number of alkyl halides is 3. The summed E-state index contributed by atoms with van der Waals surface area (Å²) in [5, 5.41) is 0. The van der Waals surface area contributed by atoms with Gasteiger partial charge in [-0.2, -0.15) is 13.2 Å². The highest BCUT2D eigenvalue weighted by atomic mass is 19.4. The van der Waals surface area contributed by atoms with Crippen molar-refractivity contribution < 1.29 is 22.4 Å². The average molecular weight is 417 g/mol. The first-order chi connectivity index (χ1) is 14.4. The Labute approximate surface area is 172 Å². The molecule has 0 N–H and O–H groups in total. The summed E-state index contributed by atoms with van der Waals surface area (Å²) in [6, 6.07) is 8.90. The van der Waals surface area contributed by atoms with Crippen LogP contribution in [0.2, 0.25) is 0 Å². The number of nitrogens with zero attached hydrogens (tertiary/aromatic N) is 3. The van der Waals surface area contributed by atoms with Gasteiger partial charge in [0.2, 0.25) is 0 Å². The third-order valence-electron chi connectivity index (χ3n) is 5.37. The Hall–Kier alpha value is -3.16. The highest BCUT2D eigenvalue weighted by molar-refractivity contribution is 5.97. The number of halogens is 3. The monoisotopic (exact) mass is 417 g/mol. The molecular weight excluding hydrogens is 395 g/mol. The minimum Gasteiger partial charge on any atom is -0.463 e. The van der Waals surface area contributed by atoms with Gasteiger partial charge in [0.25, 0.3) is 5.91 Å². The topological polar surface area (TPSA) is 41.6 Å². The van der Waals surface area contributed by atoms with Crippen molar-refractivity contribution >= 4 is 22.7 Å². The van der Waals surface area contributed by atoms with Crippen LogP contribution < -0.4 is 4.90 Å². The van der Waals surface area contributed by atoms with Crippen LogP contribution in [0.25, 0.3) is 11.1 Å². The number of hydrogen-bond donors (Lipinski definition) is 0. The number of carbonyl (C=O) groups excluding carboxylic acids is 1. The summed E-state index contributed by atoms with van der Waals surface area (Å²) in [7, 11) is 0. The summed E-state index contributed by atoms with van der Waals surface area (Å²) in [6.07, 6.45) is 1.12. The minimum absolute atomic E-state index is 0.102. The van der Waals surface area contributed by atoms with E-state index >= 15 is 0 Å². The molecule has 0 spiro atoms. The Balaban J connectivity index is 1.49. The molecule has 0 bridgehead atoms. The van der Waals surface area contributed by atoms with Gasteiger partial charge >= 0.3 is 6.18 Å². The first kappa shape index (κ1) is 20.1. The smallest absolute Gasteiger partial charge is 0.416 e. The van der Waals surface area contributed by atoms with Gasteiger partial charge in [-0.3, -0.25) is 4.79 Å². The second-order valence-corrected chi connectivity index (χ2v) is 7.21. The molecule has 158 valence electrons. The van der Waals surface area contributed by atoms with Crippen LogP contribution in [0.4, 0.5) is 18.9 Å². The van der Waals surface area contributed by atoms with E-state index in [2.05, 4.69) is 0 Å². The molecule has 0 radical (unpaired) electrons. The lowest BCUT2D eigenvalue weighted by atomic mass is 10.1. The minimum atomic E-state index is -4.37. The summed E-state index contributed by atoms with van der Waals surface area (Å²) in [5.41, 5.74) is 1.92. The molecule has 8 heteroatoms. The fourth-order valence-electron chi connectivity index (χ4n) is 3.77. The van der Waals surface area contributed by atoms with Crippen LogP contribution in [-0.4, -0.2) is 41.6 Å². The molecule has 1 aliphatic rings. The van der Waals surface area contributed by atoms with Crippen molar-refractivity contribution in [2.45, 2.75) is 19.6 Å². The number of fused-ring (bicyclic) bond motifs is 1. The van der Waals surface area contributed by atoms with Crippen molar-refractivity contribution in [3.63, 3.8) is 0 Å². The lowest BCUT2D eigenvalue weighted by molar-refractivity contribution is -0.137. The van der Waals surface area contributed by atoms with Gasteiger partial charge < -0.3 is 18.8 Å². The van der Waals surface area contributed by atoms with Gasteiger partial charge in [0.05, 0.1) is 17.3 Å². The van der Waals surface area contributed by atoms with Crippen molar-refractivity contribution in [1.29, 1.82) is 0 Å². The second kappa shape index (κ2) is 7.93. The predicted molar refractivity (Wildman–Crippen MR) is 109 cm³/mol. The number of piperazine rings is 1. The predicted octanol–water partition coefficient (Wildman–Crippen LogP) is 4.79. The zero-order valence-corrected chi connectivity index (χ0v) is 16.5. The van der Waals surface area contributed by atoms with Crippen molar-refractivity contribution in [3.8, 4) is 0 Å². The van der Waals surface area contributed by atoms with E-state index in [1.54, 1.807) is 23.3 Å². The second-order valence-electron chi connectivity index (χ2n) is 7.21. The Morgan fingerprint density at radius 2 is 1.90 bits per heavy atom. The van der Waals surface area contributed by atoms with Crippen LogP contribution in [0, 0.1) is 0 Å². The Kier molecular flexibility index (Phi) is 5.32. The fraction of sp³-hybridized carbons (Fsp3) is 0.318. The van der Waals surface area contributed by atoms with E-state index in [0.29, 0.717) is 49.7 Å². The van der Waals surface area contributed by atoms with E-state index in [1.165, 1.54) is 6.07 Å². The van der Waals surface area contributed by atoms with E-state index in [9.17, 15) is 18.0 Å². The lowest BCUT2D eigenvalue weighted by Crippen LogP contribution is -2.49. The highest BCUT2D eigenvalue weighted by Gasteiger charge is 2.31. The number of carbonyl (C=O) groups is 1. The number of benzene rings is 1. The molecule has 0 unspecified atom stereocenters. The SMILES string of the molecule is C/C=C\Cn1c(C(=O)N2CCN(c3cccc(C(F)(F)F)c3)CC2)cc2occc21. The van der Waals surface area contributed by atoms with E-state index < -0.39 is 11.7 Å². The summed E-state index contributed by atoms with van der Waals surface area (Å²) in [4.78, 5) is 16.8.